The standard InChI is InChI=1S/C13H18N2O2/c1-10(2)15-13(16)9-17-14-8-12-7-5-4-6-11(12)3/h4-8,10H,9H2,1-3H3,(H,15,16)/b14-8-. The van der Waals surface area contributed by atoms with Gasteiger partial charge in [-0.1, -0.05) is 29.4 Å². The highest BCUT2D eigenvalue weighted by molar-refractivity contribution is 5.81. The van der Waals surface area contributed by atoms with E-state index in [1.807, 2.05) is 45.0 Å². The Hall–Kier alpha value is -1.84. The molecule has 0 aromatic heterocycles. The molecular formula is C13H18N2O2. The van der Waals surface area contributed by atoms with Gasteiger partial charge in [0, 0.05) is 6.04 Å². The predicted octanol–water partition coefficient (Wildman–Crippen LogP) is 1.87. The van der Waals surface area contributed by atoms with Crippen LogP contribution in [0, 0.1) is 6.92 Å². The van der Waals surface area contributed by atoms with E-state index < -0.39 is 0 Å². The molecule has 17 heavy (non-hydrogen) atoms. The van der Waals surface area contributed by atoms with E-state index in [1.165, 1.54) is 0 Å². The number of carbonyl (C=O) groups is 1. The Morgan fingerprint density at radius 2 is 2.18 bits per heavy atom. The minimum atomic E-state index is -0.165. The van der Waals surface area contributed by atoms with Gasteiger partial charge in [-0.15, -0.1) is 0 Å². The monoisotopic (exact) mass is 234 g/mol. The first-order valence-corrected chi connectivity index (χ1v) is 5.60. The Labute approximate surface area is 102 Å². The summed E-state index contributed by atoms with van der Waals surface area (Å²) in [6.45, 7) is 5.73. The summed E-state index contributed by atoms with van der Waals surface area (Å²) in [5, 5.41) is 6.48. The maximum absolute atomic E-state index is 11.2. The normalized spacial score (nSPS) is 10.8. The van der Waals surface area contributed by atoms with Crippen LogP contribution in [0.15, 0.2) is 29.4 Å². The molecule has 0 unspecified atom stereocenters. The molecule has 0 aliphatic heterocycles. The van der Waals surface area contributed by atoms with Gasteiger partial charge in [-0.05, 0) is 31.9 Å². The van der Waals surface area contributed by atoms with Crippen LogP contribution in [0.25, 0.3) is 0 Å². The summed E-state index contributed by atoms with van der Waals surface area (Å²) in [6, 6.07) is 7.94. The van der Waals surface area contributed by atoms with Gasteiger partial charge in [0.25, 0.3) is 5.91 Å². The van der Waals surface area contributed by atoms with Crippen molar-refractivity contribution >= 4 is 12.1 Å². The lowest BCUT2D eigenvalue weighted by Gasteiger charge is -2.06. The molecule has 0 fully saturated rings. The molecule has 4 heteroatoms. The summed E-state index contributed by atoms with van der Waals surface area (Å²) in [5.41, 5.74) is 2.10. The number of benzene rings is 1. The smallest absolute Gasteiger partial charge is 0.260 e. The van der Waals surface area contributed by atoms with E-state index in [4.69, 9.17) is 4.84 Å². The zero-order valence-corrected chi connectivity index (χ0v) is 10.4. The van der Waals surface area contributed by atoms with Crippen LogP contribution in [-0.4, -0.2) is 24.8 Å². The highest BCUT2D eigenvalue weighted by Crippen LogP contribution is 2.03. The molecule has 0 heterocycles. The third-order valence-corrected chi connectivity index (χ3v) is 2.10. The Kier molecular flexibility index (Phi) is 5.20. The second-order valence-corrected chi connectivity index (χ2v) is 4.09. The molecule has 1 amide bonds. The van der Waals surface area contributed by atoms with Gasteiger partial charge < -0.3 is 10.2 Å². The van der Waals surface area contributed by atoms with E-state index in [9.17, 15) is 4.79 Å². The van der Waals surface area contributed by atoms with Gasteiger partial charge in [0.2, 0.25) is 0 Å². The van der Waals surface area contributed by atoms with Gasteiger partial charge in [0.15, 0.2) is 6.61 Å². The summed E-state index contributed by atoms with van der Waals surface area (Å²) < 4.78 is 0. The molecule has 1 N–H and O–H groups in total. The summed E-state index contributed by atoms with van der Waals surface area (Å²) in [4.78, 5) is 16.1. The molecule has 1 aromatic carbocycles. The predicted molar refractivity (Wildman–Crippen MR) is 68.0 cm³/mol. The highest BCUT2D eigenvalue weighted by atomic mass is 16.6. The van der Waals surface area contributed by atoms with Gasteiger partial charge in [0.1, 0.15) is 0 Å². The number of amides is 1. The van der Waals surface area contributed by atoms with E-state index in [-0.39, 0.29) is 18.6 Å². The zero-order chi connectivity index (χ0) is 12.7. The largest absolute Gasteiger partial charge is 0.386 e. The minimum Gasteiger partial charge on any atom is -0.386 e. The van der Waals surface area contributed by atoms with Crippen molar-refractivity contribution in [3.63, 3.8) is 0 Å². The maximum atomic E-state index is 11.2. The lowest BCUT2D eigenvalue weighted by molar-refractivity contribution is -0.126. The van der Waals surface area contributed by atoms with Crippen LogP contribution in [0.1, 0.15) is 25.0 Å². The van der Waals surface area contributed by atoms with Crippen molar-refractivity contribution in [3.8, 4) is 0 Å². The minimum absolute atomic E-state index is 0.0550. The van der Waals surface area contributed by atoms with Crippen LogP contribution in [0.4, 0.5) is 0 Å². The summed E-state index contributed by atoms with van der Waals surface area (Å²) >= 11 is 0. The third-order valence-electron chi connectivity index (χ3n) is 2.10. The molecule has 0 aliphatic rings. The molecule has 1 aromatic rings. The Bertz CT molecular complexity index is 400. The molecule has 4 nitrogen and oxygen atoms in total. The summed E-state index contributed by atoms with van der Waals surface area (Å²) in [5.74, 6) is -0.165. The number of carbonyl (C=O) groups excluding carboxylic acids is 1. The number of hydrogen-bond donors (Lipinski definition) is 1. The molecule has 0 aliphatic carbocycles. The van der Waals surface area contributed by atoms with Crippen molar-refractivity contribution in [1.29, 1.82) is 0 Å². The third kappa shape index (κ3) is 5.15. The fourth-order valence-corrected chi connectivity index (χ4v) is 1.29. The van der Waals surface area contributed by atoms with E-state index >= 15 is 0 Å². The zero-order valence-electron chi connectivity index (χ0n) is 10.4. The first-order valence-electron chi connectivity index (χ1n) is 5.60. The fraction of sp³-hybridized carbons (Fsp3) is 0.385. The molecule has 0 saturated carbocycles. The quantitative estimate of drug-likeness (QED) is 0.624. The molecule has 0 saturated heterocycles. The molecule has 0 spiro atoms. The molecule has 92 valence electrons. The molecule has 0 radical (unpaired) electrons. The second kappa shape index (κ2) is 6.68. The number of aryl methyl sites for hydroxylation is 1. The van der Waals surface area contributed by atoms with Crippen molar-refractivity contribution in [1.82, 2.24) is 5.32 Å². The Morgan fingerprint density at radius 3 is 2.82 bits per heavy atom. The molecule has 0 atom stereocenters. The van der Waals surface area contributed by atoms with E-state index in [1.54, 1.807) is 6.21 Å². The van der Waals surface area contributed by atoms with Gasteiger partial charge >= 0.3 is 0 Å². The van der Waals surface area contributed by atoms with Crippen molar-refractivity contribution < 1.29 is 9.63 Å². The van der Waals surface area contributed by atoms with E-state index in [2.05, 4.69) is 10.5 Å². The van der Waals surface area contributed by atoms with Gasteiger partial charge in [-0.3, -0.25) is 4.79 Å². The van der Waals surface area contributed by atoms with Crippen molar-refractivity contribution in [3.05, 3.63) is 35.4 Å². The van der Waals surface area contributed by atoms with Gasteiger partial charge in [-0.2, -0.15) is 0 Å². The topological polar surface area (TPSA) is 50.7 Å². The number of rotatable bonds is 5. The summed E-state index contributed by atoms with van der Waals surface area (Å²) in [7, 11) is 0. The van der Waals surface area contributed by atoms with Crippen molar-refractivity contribution in [2.75, 3.05) is 6.61 Å². The number of oxime groups is 1. The van der Waals surface area contributed by atoms with Crippen LogP contribution in [0.2, 0.25) is 0 Å². The maximum Gasteiger partial charge on any atom is 0.260 e. The lowest BCUT2D eigenvalue weighted by Crippen LogP contribution is -2.32. The van der Waals surface area contributed by atoms with Crippen LogP contribution < -0.4 is 5.32 Å². The molecule has 1 rings (SSSR count). The number of hydrogen-bond acceptors (Lipinski definition) is 3. The first-order chi connectivity index (χ1) is 8.09. The van der Waals surface area contributed by atoms with Crippen molar-refractivity contribution in [2.45, 2.75) is 26.8 Å². The molecule has 0 bridgehead atoms. The van der Waals surface area contributed by atoms with Crippen LogP contribution in [-0.2, 0) is 9.63 Å². The number of nitrogens with one attached hydrogen (secondary N) is 1. The van der Waals surface area contributed by atoms with Crippen LogP contribution in [0.5, 0.6) is 0 Å². The Morgan fingerprint density at radius 1 is 1.47 bits per heavy atom. The number of nitrogens with zero attached hydrogens (tertiary/aromatic N) is 1. The van der Waals surface area contributed by atoms with E-state index in [0.717, 1.165) is 11.1 Å². The van der Waals surface area contributed by atoms with Crippen LogP contribution in [0.3, 0.4) is 0 Å². The lowest BCUT2D eigenvalue weighted by atomic mass is 10.1. The molecular weight excluding hydrogens is 216 g/mol. The van der Waals surface area contributed by atoms with Gasteiger partial charge in [-0.25, -0.2) is 0 Å². The average Bonchev–Trinajstić information content (AvgIpc) is 2.25. The fourth-order valence-electron chi connectivity index (χ4n) is 1.29. The average molecular weight is 234 g/mol. The SMILES string of the molecule is Cc1ccccc1/C=N\OCC(=O)NC(C)C. The second-order valence-electron chi connectivity index (χ2n) is 4.09. The summed E-state index contributed by atoms with van der Waals surface area (Å²) in [6.07, 6.45) is 1.61. The Balaban J connectivity index is 2.36. The van der Waals surface area contributed by atoms with Crippen LogP contribution >= 0.6 is 0 Å². The van der Waals surface area contributed by atoms with E-state index in [0.29, 0.717) is 0 Å². The highest BCUT2D eigenvalue weighted by Gasteiger charge is 2.02. The van der Waals surface area contributed by atoms with Crippen molar-refractivity contribution in [2.24, 2.45) is 5.16 Å². The van der Waals surface area contributed by atoms with Gasteiger partial charge in [0.05, 0.1) is 6.21 Å². The first kappa shape index (κ1) is 13.2.